The first-order valence-corrected chi connectivity index (χ1v) is 6.61. The molecule has 1 saturated heterocycles. The second kappa shape index (κ2) is 5.87. The molecule has 1 aliphatic rings. The van der Waals surface area contributed by atoms with Crippen LogP contribution >= 0.6 is 0 Å². The third kappa shape index (κ3) is 2.48. The largest absolute Gasteiger partial charge is 0.378 e. The number of anilines is 1. The predicted molar refractivity (Wildman–Crippen MR) is 74.3 cm³/mol. The molecule has 2 aromatic rings. The maximum Gasteiger partial charge on any atom is 0.0711 e. The van der Waals surface area contributed by atoms with Crippen molar-refractivity contribution < 1.29 is 4.74 Å². The summed E-state index contributed by atoms with van der Waals surface area (Å²) in [6, 6.07) is 4.32. The zero-order valence-corrected chi connectivity index (χ0v) is 11.4. The highest BCUT2D eigenvalue weighted by Gasteiger charge is 2.12. The molecule has 98 valence electrons. The number of morpholine rings is 1. The van der Waals surface area contributed by atoms with E-state index in [1.165, 1.54) is 16.8 Å². The third-order valence-electron chi connectivity index (χ3n) is 3.07. The van der Waals surface area contributed by atoms with Crippen molar-refractivity contribution in [2.24, 2.45) is 0 Å². The number of ether oxygens (including phenoxy) is 1. The number of hydrogen-bond donors (Lipinski definition) is 0. The third-order valence-corrected chi connectivity index (χ3v) is 3.07. The Morgan fingerprint density at radius 2 is 1.94 bits per heavy atom. The van der Waals surface area contributed by atoms with Gasteiger partial charge < -0.3 is 9.64 Å². The van der Waals surface area contributed by atoms with Crippen molar-refractivity contribution in [3.63, 3.8) is 0 Å². The molecule has 0 N–H and O–H groups in total. The topological polar surface area (TPSA) is 29.8 Å². The fourth-order valence-corrected chi connectivity index (χ4v) is 2.11. The van der Waals surface area contributed by atoms with Crippen molar-refractivity contribution in [1.29, 1.82) is 0 Å². The van der Waals surface area contributed by atoms with E-state index in [4.69, 9.17) is 4.74 Å². The molecule has 0 unspecified atom stereocenters. The fourth-order valence-electron chi connectivity index (χ4n) is 2.11. The lowest BCUT2D eigenvalue weighted by Crippen LogP contribution is -2.36. The Bertz CT molecular complexity index is 501. The van der Waals surface area contributed by atoms with Crippen molar-refractivity contribution in [2.75, 3.05) is 31.2 Å². The van der Waals surface area contributed by atoms with Gasteiger partial charge in [0.15, 0.2) is 0 Å². The van der Waals surface area contributed by atoms with E-state index >= 15 is 0 Å². The highest BCUT2D eigenvalue weighted by molar-refractivity contribution is 5.62. The Balaban J connectivity index is 0.000000574. The molecule has 0 bridgehead atoms. The van der Waals surface area contributed by atoms with E-state index < -0.39 is 0 Å². The van der Waals surface area contributed by atoms with E-state index in [0.29, 0.717) is 0 Å². The maximum absolute atomic E-state index is 5.36. The van der Waals surface area contributed by atoms with E-state index in [0.717, 1.165) is 26.3 Å². The SMILES string of the molecule is CC.Cc1cnn2ccc(N3CCOCC3)cc12. The van der Waals surface area contributed by atoms with Gasteiger partial charge in [-0.1, -0.05) is 13.8 Å². The van der Waals surface area contributed by atoms with Crippen LogP contribution in [0.5, 0.6) is 0 Å². The number of aromatic nitrogens is 2. The Labute approximate surface area is 108 Å². The second-order valence-electron chi connectivity index (χ2n) is 4.14. The van der Waals surface area contributed by atoms with Crippen LogP contribution in [0.1, 0.15) is 19.4 Å². The monoisotopic (exact) mass is 247 g/mol. The molecule has 0 aromatic carbocycles. The lowest BCUT2D eigenvalue weighted by atomic mass is 10.2. The van der Waals surface area contributed by atoms with Gasteiger partial charge in [-0.2, -0.15) is 5.10 Å². The zero-order valence-electron chi connectivity index (χ0n) is 11.4. The number of rotatable bonds is 1. The summed E-state index contributed by atoms with van der Waals surface area (Å²) in [4.78, 5) is 2.36. The van der Waals surface area contributed by atoms with Crippen LogP contribution in [0.4, 0.5) is 5.69 Å². The van der Waals surface area contributed by atoms with Crippen LogP contribution in [0, 0.1) is 6.92 Å². The smallest absolute Gasteiger partial charge is 0.0711 e. The van der Waals surface area contributed by atoms with Crippen LogP contribution in [0.3, 0.4) is 0 Å². The van der Waals surface area contributed by atoms with Crippen LogP contribution in [0.25, 0.3) is 5.52 Å². The number of fused-ring (bicyclic) bond motifs is 1. The molecule has 3 heterocycles. The van der Waals surface area contributed by atoms with Crippen molar-refractivity contribution in [2.45, 2.75) is 20.8 Å². The number of pyridine rings is 1. The lowest BCUT2D eigenvalue weighted by molar-refractivity contribution is 0.122. The van der Waals surface area contributed by atoms with E-state index in [-0.39, 0.29) is 0 Å². The average Bonchev–Trinajstić information content (AvgIpc) is 2.83. The van der Waals surface area contributed by atoms with Gasteiger partial charge in [0, 0.05) is 25.0 Å². The summed E-state index contributed by atoms with van der Waals surface area (Å²) in [5, 5.41) is 4.28. The molecule has 1 aliphatic heterocycles. The molecule has 0 spiro atoms. The lowest BCUT2D eigenvalue weighted by Gasteiger charge is -2.28. The fraction of sp³-hybridized carbons (Fsp3) is 0.500. The molecule has 4 nitrogen and oxygen atoms in total. The van der Waals surface area contributed by atoms with Crippen LogP contribution < -0.4 is 4.90 Å². The summed E-state index contributed by atoms with van der Waals surface area (Å²) in [5.41, 5.74) is 3.67. The molecule has 0 saturated carbocycles. The first-order chi connectivity index (χ1) is 8.84. The molecule has 18 heavy (non-hydrogen) atoms. The quantitative estimate of drug-likeness (QED) is 0.775. The average molecular weight is 247 g/mol. The molecule has 0 aliphatic carbocycles. The van der Waals surface area contributed by atoms with Crippen molar-refractivity contribution in [3.05, 3.63) is 30.1 Å². The van der Waals surface area contributed by atoms with E-state index in [2.05, 4.69) is 29.1 Å². The van der Waals surface area contributed by atoms with Crippen LogP contribution in [0.15, 0.2) is 24.5 Å². The molecule has 0 atom stereocenters. The predicted octanol–water partition coefficient (Wildman–Crippen LogP) is 2.51. The van der Waals surface area contributed by atoms with Crippen LogP contribution in [-0.4, -0.2) is 35.9 Å². The van der Waals surface area contributed by atoms with Gasteiger partial charge in [0.25, 0.3) is 0 Å². The summed E-state index contributed by atoms with van der Waals surface area (Å²) >= 11 is 0. The standard InChI is InChI=1S/C12H15N3O.C2H6/c1-10-9-13-15-3-2-11(8-12(10)15)14-4-6-16-7-5-14;1-2/h2-3,8-9H,4-7H2,1H3;1-2H3. The summed E-state index contributed by atoms with van der Waals surface area (Å²) in [6.07, 6.45) is 3.92. The highest BCUT2D eigenvalue weighted by atomic mass is 16.5. The minimum atomic E-state index is 0.823. The van der Waals surface area contributed by atoms with Gasteiger partial charge in [-0.05, 0) is 24.6 Å². The summed E-state index contributed by atoms with van der Waals surface area (Å²) in [5.74, 6) is 0. The minimum Gasteiger partial charge on any atom is -0.378 e. The number of aryl methyl sites for hydroxylation is 1. The van der Waals surface area contributed by atoms with Crippen molar-refractivity contribution in [1.82, 2.24) is 9.61 Å². The second-order valence-corrected chi connectivity index (χ2v) is 4.14. The molecule has 0 radical (unpaired) electrons. The summed E-state index contributed by atoms with van der Waals surface area (Å²) in [6.45, 7) is 9.69. The van der Waals surface area contributed by atoms with Crippen molar-refractivity contribution in [3.8, 4) is 0 Å². The molecule has 2 aromatic heterocycles. The zero-order chi connectivity index (χ0) is 13.0. The van der Waals surface area contributed by atoms with E-state index in [1.54, 1.807) is 0 Å². The molecule has 1 fully saturated rings. The Hall–Kier alpha value is -1.55. The molecule has 4 heteroatoms. The molecule has 0 amide bonds. The van der Waals surface area contributed by atoms with E-state index in [9.17, 15) is 0 Å². The van der Waals surface area contributed by atoms with Crippen LogP contribution in [0.2, 0.25) is 0 Å². The summed E-state index contributed by atoms with van der Waals surface area (Å²) in [7, 11) is 0. The van der Waals surface area contributed by atoms with Crippen LogP contribution in [-0.2, 0) is 4.74 Å². The van der Waals surface area contributed by atoms with Gasteiger partial charge in [-0.15, -0.1) is 0 Å². The number of nitrogens with zero attached hydrogens (tertiary/aromatic N) is 3. The van der Waals surface area contributed by atoms with Gasteiger partial charge in [0.2, 0.25) is 0 Å². The molecular weight excluding hydrogens is 226 g/mol. The first-order valence-electron chi connectivity index (χ1n) is 6.61. The van der Waals surface area contributed by atoms with E-state index in [1.807, 2.05) is 30.8 Å². The Morgan fingerprint density at radius 1 is 1.22 bits per heavy atom. The van der Waals surface area contributed by atoms with Gasteiger partial charge in [-0.25, -0.2) is 4.52 Å². The highest BCUT2D eigenvalue weighted by Crippen LogP contribution is 2.19. The Morgan fingerprint density at radius 3 is 2.67 bits per heavy atom. The van der Waals surface area contributed by atoms with Gasteiger partial charge >= 0.3 is 0 Å². The van der Waals surface area contributed by atoms with Gasteiger partial charge in [0.05, 0.1) is 24.9 Å². The molecular formula is C14H21N3O. The summed E-state index contributed by atoms with van der Waals surface area (Å²) < 4.78 is 7.27. The normalized spacial score (nSPS) is 15.4. The minimum absolute atomic E-state index is 0.823. The number of hydrogen-bond acceptors (Lipinski definition) is 3. The Kier molecular flexibility index (Phi) is 4.20. The van der Waals surface area contributed by atoms with Crippen molar-refractivity contribution >= 4 is 11.2 Å². The molecule has 3 rings (SSSR count). The first kappa shape index (κ1) is 12.9. The van der Waals surface area contributed by atoms with Gasteiger partial charge in [0.1, 0.15) is 0 Å². The van der Waals surface area contributed by atoms with Gasteiger partial charge in [-0.3, -0.25) is 0 Å². The maximum atomic E-state index is 5.36.